The van der Waals surface area contributed by atoms with E-state index in [2.05, 4.69) is 24.3 Å². The lowest BCUT2D eigenvalue weighted by atomic mass is 10.1. The van der Waals surface area contributed by atoms with Gasteiger partial charge >= 0.3 is 5.97 Å². The molecular weight excluding hydrogens is 282 g/mol. The van der Waals surface area contributed by atoms with Crippen LogP contribution in [0.2, 0.25) is 0 Å². The number of nitrogens with zero attached hydrogens (tertiary/aromatic N) is 5. The van der Waals surface area contributed by atoms with E-state index in [0.717, 1.165) is 38.5 Å². The van der Waals surface area contributed by atoms with E-state index in [-0.39, 0.29) is 5.92 Å². The lowest BCUT2D eigenvalue weighted by Crippen LogP contribution is -2.55. The molecule has 7 heteroatoms. The number of aryl methyl sites for hydroxylation is 1. The Hall–Kier alpha value is -1.44. The van der Waals surface area contributed by atoms with Crippen LogP contribution < -0.4 is 0 Å². The zero-order valence-corrected chi connectivity index (χ0v) is 13.4. The Morgan fingerprint density at radius 1 is 1.27 bits per heavy atom. The molecule has 1 aromatic rings. The molecule has 2 aliphatic rings. The Labute approximate surface area is 131 Å². The summed E-state index contributed by atoms with van der Waals surface area (Å²) in [6, 6.07) is 0.406. The summed E-state index contributed by atoms with van der Waals surface area (Å²) in [5, 5.41) is 9.35. The Morgan fingerprint density at radius 3 is 2.77 bits per heavy atom. The number of piperazine rings is 1. The van der Waals surface area contributed by atoms with Crippen LogP contribution in [0.4, 0.5) is 0 Å². The van der Waals surface area contributed by atoms with Crippen LogP contribution in [0.25, 0.3) is 0 Å². The third-order valence-corrected chi connectivity index (χ3v) is 4.83. The van der Waals surface area contributed by atoms with Gasteiger partial charge in [-0.3, -0.25) is 14.6 Å². The van der Waals surface area contributed by atoms with E-state index in [9.17, 15) is 9.90 Å². The van der Waals surface area contributed by atoms with Crippen molar-refractivity contribution < 1.29 is 9.90 Å². The van der Waals surface area contributed by atoms with Crippen molar-refractivity contribution in [2.45, 2.75) is 12.6 Å². The Kier molecular flexibility index (Phi) is 4.46. The summed E-state index contributed by atoms with van der Waals surface area (Å²) in [6.07, 6.45) is 3.81. The van der Waals surface area contributed by atoms with E-state index >= 15 is 0 Å². The van der Waals surface area contributed by atoms with Crippen molar-refractivity contribution in [3.63, 3.8) is 0 Å². The van der Waals surface area contributed by atoms with Gasteiger partial charge < -0.3 is 14.6 Å². The molecule has 0 unspecified atom stereocenters. The normalized spacial score (nSPS) is 28.3. The molecule has 2 atom stereocenters. The van der Waals surface area contributed by atoms with Crippen molar-refractivity contribution in [1.29, 1.82) is 0 Å². The molecule has 0 aliphatic carbocycles. The maximum Gasteiger partial charge on any atom is 0.309 e. The molecule has 0 radical (unpaired) electrons. The summed E-state index contributed by atoms with van der Waals surface area (Å²) in [7, 11) is 4.05. The summed E-state index contributed by atoms with van der Waals surface area (Å²) >= 11 is 0. The third kappa shape index (κ3) is 3.31. The van der Waals surface area contributed by atoms with Crippen LogP contribution in [0.3, 0.4) is 0 Å². The van der Waals surface area contributed by atoms with Crippen molar-refractivity contribution in [1.82, 2.24) is 24.3 Å². The van der Waals surface area contributed by atoms with Crippen molar-refractivity contribution in [2.24, 2.45) is 13.0 Å². The first kappa shape index (κ1) is 15.5. The minimum absolute atomic E-state index is 0.281. The first-order valence-electron chi connectivity index (χ1n) is 7.87. The number of hydrogen-bond donors (Lipinski definition) is 1. The van der Waals surface area contributed by atoms with Crippen LogP contribution in [0, 0.1) is 5.92 Å². The van der Waals surface area contributed by atoms with Crippen molar-refractivity contribution in [3.05, 3.63) is 18.2 Å². The van der Waals surface area contributed by atoms with Crippen molar-refractivity contribution in [2.75, 3.05) is 46.3 Å². The van der Waals surface area contributed by atoms with Gasteiger partial charge in [-0.1, -0.05) is 0 Å². The van der Waals surface area contributed by atoms with Gasteiger partial charge in [0.15, 0.2) is 0 Å². The zero-order valence-electron chi connectivity index (χ0n) is 13.4. The molecule has 3 heterocycles. The average Bonchev–Trinajstić information content (AvgIpc) is 2.77. The lowest BCUT2D eigenvalue weighted by Gasteiger charge is -2.41. The van der Waals surface area contributed by atoms with E-state index in [4.69, 9.17) is 0 Å². The van der Waals surface area contributed by atoms with Crippen LogP contribution in [0.5, 0.6) is 0 Å². The van der Waals surface area contributed by atoms with Crippen LogP contribution in [-0.4, -0.2) is 87.7 Å². The molecule has 0 spiro atoms. The molecule has 0 saturated carbocycles. The standard InChI is InChI=1S/C15H25N5O2/c1-17-7-12(15(21)22)8-20-6-5-19(10-13(20)9-17)11-14-16-3-4-18(14)2/h3-4,12-13H,5-11H2,1-2H3,(H,21,22)/t12-,13+/m0/s1. The van der Waals surface area contributed by atoms with Crippen LogP contribution in [0.15, 0.2) is 12.4 Å². The molecule has 3 rings (SSSR count). The number of rotatable bonds is 3. The molecule has 122 valence electrons. The van der Waals surface area contributed by atoms with E-state index in [1.165, 1.54) is 0 Å². The highest BCUT2D eigenvalue weighted by molar-refractivity contribution is 5.70. The Morgan fingerprint density at radius 2 is 2.09 bits per heavy atom. The number of aliphatic carboxylic acids is 1. The molecular formula is C15H25N5O2. The predicted molar refractivity (Wildman–Crippen MR) is 82.5 cm³/mol. The topological polar surface area (TPSA) is 64.8 Å². The SMILES string of the molecule is CN1C[C@H](C(=O)O)CN2CCN(Cc3nccn3C)C[C@H]2C1. The second-order valence-corrected chi connectivity index (χ2v) is 6.59. The number of carboxylic acid groups (broad SMARTS) is 1. The first-order valence-corrected chi connectivity index (χ1v) is 7.87. The smallest absolute Gasteiger partial charge is 0.309 e. The first-order chi connectivity index (χ1) is 10.5. The monoisotopic (exact) mass is 307 g/mol. The number of carboxylic acids is 1. The number of carbonyl (C=O) groups is 1. The van der Waals surface area contributed by atoms with Gasteiger partial charge in [0.05, 0.1) is 12.5 Å². The van der Waals surface area contributed by atoms with Crippen molar-refractivity contribution >= 4 is 5.97 Å². The highest BCUT2D eigenvalue weighted by Gasteiger charge is 2.35. The maximum atomic E-state index is 11.4. The van der Waals surface area contributed by atoms with E-state index < -0.39 is 5.97 Å². The minimum Gasteiger partial charge on any atom is -0.481 e. The summed E-state index contributed by atoms with van der Waals surface area (Å²) in [6.45, 7) is 5.98. The third-order valence-electron chi connectivity index (χ3n) is 4.83. The lowest BCUT2D eigenvalue weighted by molar-refractivity contribution is -0.142. The molecule has 2 fully saturated rings. The fourth-order valence-electron chi connectivity index (χ4n) is 3.57. The fraction of sp³-hybridized carbons (Fsp3) is 0.733. The van der Waals surface area contributed by atoms with Gasteiger partial charge in [0.2, 0.25) is 0 Å². The van der Waals surface area contributed by atoms with Crippen LogP contribution >= 0.6 is 0 Å². The van der Waals surface area contributed by atoms with Gasteiger partial charge in [-0.05, 0) is 7.05 Å². The molecule has 2 aliphatic heterocycles. The van der Waals surface area contributed by atoms with E-state index in [1.807, 2.05) is 26.5 Å². The van der Waals surface area contributed by atoms with Crippen LogP contribution in [-0.2, 0) is 18.4 Å². The van der Waals surface area contributed by atoms with Crippen LogP contribution in [0.1, 0.15) is 5.82 Å². The zero-order chi connectivity index (χ0) is 15.7. The molecule has 0 aromatic carbocycles. The van der Waals surface area contributed by atoms with Gasteiger partial charge in [-0.15, -0.1) is 0 Å². The molecule has 1 N–H and O–H groups in total. The highest BCUT2D eigenvalue weighted by atomic mass is 16.4. The van der Waals surface area contributed by atoms with E-state index in [1.54, 1.807) is 0 Å². The van der Waals surface area contributed by atoms with E-state index in [0.29, 0.717) is 19.1 Å². The van der Waals surface area contributed by atoms with Gasteiger partial charge in [0.25, 0.3) is 0 Å². The second-order valence-electron chi connectivity index (χ2n) is 6.59. The average molecular weight is 307 g/mol. The molecule has 7 nitrogen and oxygen atoms in total. The summed E-state index contributed by atoms with van der Waals surface area (Å²) in [4.78, 5) is 22.7. The molecule has 1 aromatic heterocycles. The quantitative estimate of drug-likeness (QED) is 0.816. The molecule has 22 heavy (non-hydrogen) atoms. The summed E-state index contributed by atoms with van der Waals surface area (Å²) in [5.74, 6) is 0.123. The molecule has 2 saturated heterocycles. The number of hydrogen-bond acceptors (Lipinski definition) is 5. The summed E-state index contributed by atoms with van der Waals surface area (Å²) < 4.78 is 2.06. The number of aromatic nitrogens is 2. The number of imidazole rings is 1. The minimum atomic E-state index is -0.678. The second kappa shape index (κ2) is 6.36. The molecule has 0 amide bonds. The Bertz CT molecular complexity index is 532. The van der Waals surface area contributed by atoms with Gasteiger partial charge in [-0.2, -0.15) is 0 Å². The largest absolute Gasteiger partial charge is 0.481 e. The van der Waals surface area contributed by atoms with Gasteiger partial charge in [-0.25, -0.2) is 4.98 Å². The fourth-order valence-corrected chi connectivity index (χ4v) is 3.57. The number of likely N-dealkylation sites (N-methyl/N-ethyl adjacent to an activating group) is 1. The maximum absolute atomic E-state index is 11.4. The Balaban J connectivity index is 1.65. The van der Waals surface area contributed by atoms with Crippen molar-refractivity contribution in [3.8, 4) is 0 Å². The number of fused-ring (bicyclic) bond motifs is 1. The summed E-state index contributed by atoms with van der Waals surface area (Å²) in [5.41, 5.74) is 0. The predicted octanol–water partition coefficient (Wildman–Crippen LogP) is -0.447. The molecule has 0 bridgehead atoms. The van der Waals surface area contributed by atoms with Gasteiger partial charge in [0.1, 0.15) is 5.82 Å². The highest BCUT2D eigenvalue weighted by Crippen LogP contribution is 2.19. The van der Waals surface area contributed by atoms with Gasteiger partial charge in [0, 0.05) is 64.8 Å².